The van der Waals surface area contributed by atoms with E-state index in [1.807, 2.05) is 0 Å². The summed E-state index contributed by atoms with van der Waals surface area (Å²) in [5.41, 5.74) is 6.54. The molecule has 8 nitrogen and oxygen atoms in total. The average molecular weight is 378 g/mol. The fraction of sp³-hybridized carbons (Fsp3) is 0.100. The lowest BCUT2D eigenvalue weighted by Crippen LogP contribution is -2.25. The van der Waals surface area contributed by atoms with Gasteiger partial charge < -0.3 is 15.8 Å². The molecule has 2 aromatic rings. The van der Waals surface area contributed by atoms with Gasteiger partial charge in [0.15, 0.2) is 0 Å². The van der Waals surface area contributed by atoms with Crippen molar-refractivity contribution in [1.29, 1.82) is 5.26 Å². The predicted octanol–water partition coefficient (Wildman–Crippen LogP) is 2.45. The number of nitrogens with one attached hydrogen (secondary N) is 1. The molecule has 8 heteroatoms. The minimum Gasteiger partial charge on any atom is -0.465 e. The Morgan fingerprint density at radius 1 is 1.18 bits per heavy atom. The number of rotatable bonds is 5. The zero-order valence-corrected chi connectivity index (χ0v) is 15.3. The van der Waals surface area contributed by atoms with Gasteiger partial charge in [-0.05, 0) is 30.3 Å². The maximum absolute atomic E-state index is 12.5. The number of hydrogen-bond acceptors (Lipinski definition) is 6. The number of para-hydroxylation sites is 1. The summed E-state index contributed by atoms with van der Waals surface area (Å²) >= 11 is 0. The first-order valence-corrected chi connectivity index (χ1v) is 8.13. The Morgan fingerprint density at radius 2 is 1.89 bits per heavy atom. The Bertz CT molecular complexity index is 992. The van der Waals surface area contributed by atoms with Crippen LogP contribution in [0.15, 0.2) is 60.3 Å². The Morgan fingerprint density at radius 3 is 2.50 bits per heavy atom. The fourth-order valence-corrected chi connectivity index (χ4v) is 2.36. The number of nitriles is 1. The highest BCUT2D eigenvalue weighted by atomic mass is 16.5. The van der Waals surface area contributed by atoms with Crippen molar-refractivity contribution in [2.24, 2.45) is 0 Å². The van der Waals surface area contributed by atoms with Crippen LogP contribution in [0.4, 0.5) is 17.1 Å². The molecule has 0 atom stereocenters. The monoisotopic (exact) mass is 378 g/mol. The van der Waals surface area contributed by atoms with Gasteiger partial charge in [0.05, 0.1) is 24.0 Å². The molecule has 0 unspecified atom stereocenters. The number of ether oxygens (including phenoxy) is 1. The van der Waals surface area contributed by atoms with Gasteiger partial charge in [-0.2, -0.15) is 5.26 Å². The minimum atomic E-state index is -0.783. The van der Waals surface area contributed by atoms with Gasteiger partial charge in [0.25, 0.3) is 5.91 Å². The molecule has 2 rings (SSSR count). The van der Waals surface area contributed by atoms with Crippen LogP contribution in [0.5, 0.6) is 0 Å². The van der Waals surface area contributed by atoms with Crippen molar-refractivity contribution in [3.8, 4) is 6.07 Å². The summed E-state index contributed by atoms with van der Waals surface area (Å²) in [6.07, 6.45) is 1.12. The molecule has 0 saturated carbocycles. The SMILES string of the molecule is COC(=O)c1ccccc1NC(=O)/C(C#N)=C\N(C(C)=O)c1cccc(N)c1. The molecule has 142 valence electrons. The molecule has 0 fully saturated rings. The number of nitrogens with zero attached hydrogens (tertiary/aromatic N) is 2. The smallest absolute Gasteiger partial charge is 0.339 e. The van der Waals surface area contributed by atoms with Crippen LogP contribution in [0, 0.1) is 11.3 Å². The number of amides is 2. The summed E-state index contributed by atoms with van der Waals surface area (Å²) in [6.45, 7) is 1.29. The molecule has 2 amide bonds. The molecule has 0 saturated heterocycles. The first-order valence-electron chi connectivity index (χ1n) is 8.13. The molecule has 0 bridgehead atoms. The van der Waals surface area contributed by atoms with E-state index in [-0.39, 0.29) is 16.8 Å². The molecule has 2 aromatic carbocycles. The second-order valence-electron chi connectivity index (χ2n) is 5.63. The van der Waals surface area contributed by atoms with E-state index in [0.29, 0.717) is 11.4 Å². The van der Waals surface area contributed by atoms with Crippen molar-refractivity contribution >= 4 is 34.8 Å². The van der Waals surface area contributed by atoms with Gasteiger partial charge in [0.2, 0.25) is 5.91 Å². The minimum absolute atomic E-state index is 0.134. The number of methoxy groups -OCH3 is 1. The maximum atomic E-state index is 12.5. The average Bonchev–Trinajstić information content (AvgIpc) is 2.68. The third-order valence-electron chi connectivity index (χ3n) is 3.69. The van der Waals surface area contributed by atoms with Gasteiger partial charge in [-0.3, -0.25) is 14.5 Å². The van der Waals surface area contributed by atoms with E-state index >= 15 is 0 Å². The highest BCUT2D eigenvalue weighted by molar-refractivity contribution is 6.10. The van der Waals surface area contributed by atoms with E-state index in [4.69, 9.17) is 5.73 Å². The van der Waals surface area contributed by atoms with Crippen molar-refractivity contribution in [2.45, 2.75) is 6.92 Å². The van der Waals surface area contributed by atoms with Crippen molar-refractivity contribution < 1.29 is 19.1 Å². The van der Waals surface area contributed by atoms with E-state index < -0.39 is 17.8 Å². The number of anilines is 3. The summed E-state index contributed by atoms with van der Waals surface area (Å²) < 4.78 is 4.68. The van der Waals surface area contributed by atoms with Crippen LogP contribution < -0.4 is 16.0 Å². The largest absolute Gasteiger partial charge is 0.465 e. The van der Waals surface area contributed by atoms with Crippen molar-refractivity contribution in [2.75, 3.05) is 23.1 Å². The zero-order chi connectivity index (χ0) is 20.7. The number of nitrogens with two attached hydrogens (primary N) is 1. The molecule has 0 radical (unpaired) electrons. The Kier molecular flexibility index (Phi) is 6.49. The molecule has 0 aliphatic rings. The summed E-state index contributed by atoms with van der Waals surface area (Å²) in [7, 11) is 1.22. The standard InChI is InChI=1S/C20H18N4O4/c1-13(25)24(16-7-5-6-15(22)10-16)12-14(11-21)19(26)23-18-9-4-3-8-17(18)20(27)28-2/h3-10,12H,22H2,1-2H3,(H,23,26)/b14-12-. The number of carbonyl (C=O) groups is 3. The van der Waals surface area contributed by atoms with E-state index in [1.54, 1.807) is 36.4 Å². The quantitative estimate of drug-likeness (QED) is 0.356. The van der Waals surface area contributed by atoms with Crippen molar-refractivity contribution in [1.82, 2.24) is 0 Å². The van der Waals surface area contributed by atoms with Crippen LogP contribution >= 0.6 is 0 Å². The molecule has 0 aromatic heterocycles. The summed E-state index contributed by atoms with van der Waals surface area (Å²) in [5, 5.41) is 11.9. The third-order valence-corrected chi connectivity index (χ3v) is 3.69. The van der Waals surface area contributed by atoms with Gasteiger partial charge in [-0.1, -0.05) is 18.2 Å². The predicted molar refractivity (Wildman–Crippen MR) is 104 cm³/mol. The number of benzene rings is 2. The Balaban J connectivity index is 2.36. The van der Waals surface area contributed by atoms with Crippen LogP contribution in [0.2, 0.25) is 0 Å². The number of hydrogen-bond donors (Lipinski definition) is 2. The number of esters is 1. The second kappa shape index (κ2) is 9.00. The molecule has 0 aliphatic carbocycles. The Labute approximate surface area is 161 Å². The number of nitrogen functional groups attached to an aromatic ring is 1. The highest BCUT2D eigenvalue weighted by Gasteiger charge is 2.18. The number of carbonyl (C=O) groups excluding carboxylic acids is 3. The normalized spacial score (nSPS) is 10.5. The topological polar surface area (TPSA) is 126 Å². The van der Waals surface area contributed by atoms with Gasteiger partial charge in [0, 0.05) is 18.8 Å². The van der Waals surface area contributed by atoms with Crippen LogP contribution in [0.1, 0.15) is 17.3 Å². The van der Waals surface area contributed by atoms with Gasteiger partial charge in [0.1, 0.15) is 11.6 Å². The van der Waals surface area contributed by atoms with Gasteiger partial charge >= 0.3 is 5.97 Å². The first-order chi connectivity index (χ1) is 13.4. The first kappa shape index (κ1) is 20.2. The fourth-order valence-electron chi connectivity index (χ4n) is 2.36. The lowest BCUT2D eigenvalue weighted by Gasteiger charge is -2.17. The van der Waals surface area contributed by atoms with Crippen LogP contribution in [-0.4, -0.2) is 24.9 Å². The van der Waals surface area contributed by atoms with Crippen LogP contribution in [-0.2, 0) is 14.3 Å². The lowest BCUT2D eigenvalue weighted by atomic mass is 10.1. The summed E-state index contributed by atoms with van der Waals surface area (Å²) in [6, 6.07) is 14.4. The van der Waals surface area contributed by atoms with Gasteiger partial charge in [-0.25, -0.2) is 4.79 Å². The Hall–Kier alpha value is -4.12. The van der Waals surface area contributed by atoms with E-state index in [1.165, 1.54) is 32.2 Å². The van der Waals surface area contributed by atoms with E-state index in [9.17, 15) is 19.6 Å². The third kappa shape index (κ3) is 4.74. The van der Waals surface area contributed by atoms with Crippen molar-refractivity contribution in [3.63, 3.8) is 0 Å². The van der Waals surface area contributed by atoms with Crippen molar-refractivity contribution in [3.05, 3.63) is 65.9 Å². The second-order valence-corrected chi connectivity index (χ2v) is 5.63. The van der Waals surface area contributed by atoms with Crippen LogP contribution in [0.25, 0.3) is 0 Å². The molecule has 0 spiro atoms. The molecular weight excluding hydrogens is 360 g/mol. The maximum Gasteiger partial charge on any atom is 0.339 e. The summed E-state index contributed by atoms with van der Waals surface area (Å²) in [5.74, 6) is -1.83. The molecule has 0 heterocycles. The molecule has 0 aliphatic heterocycles. The zero-order valence-electron chi connectivity index (χ0n) is 15.3. The molecule has 28 heavy (non-hydrogen) atoms. The van der Waals surface area contributed by atoms with E-state index in [2.05, 4.69) is 10.1 Å². The van der Waals surface area contributed by atoms with Gasteiger partial charge in [-0.15, -0.1) is 0 Å². The van der Waals surface area contributed by atoms with E-state index in [0.717, 1.165) is 11.1 Å². The summed E-state index contributed by atoms with van der Waals surface area (Å²) in [4.78, 5) is 37.5. The molecular formula is C20H18N4O4. The molecule has 3 N–H and O–H groups in total. The highest BCUT2D eigenvalue weighted by Crippen LogP contribution is 2.20. The van der Waals surface area contributed by atoms with Crippen LogP contribution in [0.3, 0.4) is 0 Å². The lowest BCUT2D eigenvalue weighted by molar-refractivity contribution is -0.116.